The Morgan fingerprint density at radius 1 is 0.886 bits per heavy atom. The quantitative estimate of drug-likeness (QED) is 0.450. The van der Waals surface area contributed by atoms with Crippen molar-refractivity contribution in [2.75, 3.05) is 49.9 Å². The second-order valence-corrected chi connectivity index (χ2v) is 11.9. The largest absolute Gasteiger partial charge is 0.354 e. The molecule has 2 aliphatic rings. The summed E-state index contributed by atoms with van der Waals surface area (Å²) in [6.07, 6.45) is 2.25. The SMILES string of the molecule is O=C(CSc1nc2ccccc2nc1N1CCCC1)N1CCN(S(=O)(=O)c2ccc(Cl)cc2)CC1. The fourth-order valence-corrected chi connectivity index (χ4v) is 6.82. The minimum absolute atomic E-state index is 0.0270. The molecule has 2 aliphatic heterocycles. The van der Waals surface area contributed by atoms with Gasteiger partial charge in [-0.3, -0.25) is 4.79 Å². The van der Waals surface area contributed by atoms with Crippen molar-refractivity contribution in [1.82, 2.24) is 19.2 Å². The van der Waals surface area contributed by atoms with Crippen molar-refractivity contribution in [1.29, 1.82) is 0 Å². The van der Waals surface area contributed by atoms with Gasteiger partial charge in [-0.15, -0.1) is 0 Å². The third-order valence-corrected chi connectivity index (χ3v) is 9.41. The van der Waals surface area contributed by atoms with E-state index >= 15 is 0 Å². The Bertz CT molecular complexity index is 1320. The lowest BCUT2D eigenvalue weighted by Gasteiger charge is -2.34. The Balaban J connectivity index is 1.23. The first-order valence-electron chi connectivity index (χ1n) is 11.6. The zero-order valence-electron chi connectivity index (χ0n) is 19.1. The number of para-hydroxylation sites is 2. The monoisotopic (exact) mass is 531 g/mol. The Labute approximate surface area is 214 Å². The summed E-state index contributed by atoms with van der Waals surface area (Å²) < 4.78 is 27.2. The molecule has 3 aromatic rings. The molecule has 2 saturated heterocycles. The molecule has 0 bridgehead atoms. The van der Waals surface area contributed by atoms with Gasteiger partial charge in [-0.1, -0.05) is 35.5 Å². The molecular weight excluding hydrogens is 506 g/mol. The molecule has 1 amide bonds. The van der Waals surface area contributed by atoms with Crippen molar-refractivity contribution < 1.29 is 13.2 Å². The fraction of sp³-hybridized carbons (Fsp3) is 0.375. The summed E-state index contributed by atoms with van der Waals surface area (Å²) >= 11 is 7.29. The standard InChI is InChI=1S/C24H26ClN5O3S2/c25-18-7-9-19(10-8-18)35(32,33)30-15-13-28(14-16-30)22(31)17-34-24-23(29-11-3-4-12-29)26-20-5-1-2-6-21(20)27-24/h1-2,5-10H,3-4,11-17H2. The number of carbonyl (C=O) groups is 1. The number of sulfonamides is 1. The van der Waals surface area contributed by atoms with E-state index in [0.717, 1.165) is 47.8 Å². The summed E-state index contributed by atoms with van der Waals surface area (Å²) in [7, 11) is -3.61. The van der Waals surface area contributed by atoms with Gasteiger partial charge in [0.15, 0.2) is 5.82 Å². The van der Waals surface area contributed by atoms with E-state index in [2.05, 4.69) is 4.90 Å². The summed E-state index contributed by atoms with van der Waals surface area (Å²) in [5.74, 6) is 1.05. The van der Waals surface area contributed by atoms with Gasteiger partial charge in [0.25, 0.3) is 0 Å². The highest BCUT2D eigenvalue weighted by Crippen LogP contribution is 2.31. The van der Waals surface area contributed by atoms with E-state index < -0.39 is 10.0 Å². The van der Waals surface area contributed by atoms with Crippen molar-refractivity contribution in [3.05, 3.63) is 53.6 Å². The van der Waals surface area contributed by atoms with Crippen LogP contribution in [0.3, 0.4) is 0 Å². The number of anilines is 1. The minimum Gasteiger partial charge on any atom is -0.354 e. The summed E-state index contributed by atoms with van der Waals surface area (Å²) in [4.78, 5) is 26.8. The third kappa shape index (κ3) is 5.25. The van der Waals surface area contributed by atoms with Gasteiger partial charge < -0.3 is 9.80 Å². The first-order chi connectivity index (χ1) is 16.9. The summed E-state index contributed by atoms with van der Waals surface area (Å²) in [6, 6.07) is 13.9. The number of piperazine rings is 1. The maximum absolute atomic E-state index is 13.0. The van der Waals surface area contributed by atoms with Crippen molar-refractivity contribution in [3.8, 4) is 0 Å². The number of nitrogens with zero attached hydrogens (tertiary/aromatic N) is 5. The number of hydrogen-bond donors (Lipinski definition) is 0. The topological polar surface area (TPSA) is 86.7 Å². The van der Waals surface area contributed by atoms with E-state index in [1.54, 1.807) is 17.0 Å². The molecule has 2 fully saturated rings. The summed E-state index contributed by atoms with van der Waals surface area (Å²) in [5.41, 5.74) is 1.66. The number of benzene rings is 2. The lowest BCUT2D eigenvalue weighted by molar-refractivity contribution is -0.129. The highest BCUT2D eigenvalue weighted by Gasteiger charge is 2.30. The Morgan fingerprint density at radius 3 is 2.17 bits per heavy atom. The van der Waals surface area contributed by atoms with Gasteiger partial charge in [0, 0.05) is 44.3 Å². The van der Waals surface area contributed by atoms with Crippen LogP contribution in [-0.4, -0.2) is 78.5 Å². The van der Waals surface area contributed by atoms with Crippen molar-refractivity contribution in [2.45, 2.75) is 22.8 Å². The smallest absolute Gasteiger partial charge is 0.243 e. The van der Waals surface area contributed by atoms with Gasteiger partial charge in [-0.25, -0.2) is 18.4 Å². The van der Waals surface area contributed by atoms with Gasteiger partial charge >= 0.3 is 0 Å². The van der Waals surface area contributed by atoms with Crippen LogP contribution in [0.25, 0.3) is 11.0 Å². The van der Waals surface area contributed by atoms with E-state index in [9.17, 15) is 13.2 Å². The number of halogens is 1. The average Bonchev–Trinajstić information content (AvgIpc) is 3.42. The Kier molecular flexibility index (Phi) is 7.15. The van der Waals surface area contributed by atoms with Gasteiger partial charge in [0.1, 0.15) is 5.03 Å². The number of fused-ring (bicyclic) bond motifs is 1. The molecule has 0 N–H and O–H groups in total. The molecule has 0 aliphatic carbocycles. The summed E-state index contributed by atoms with van der Waals surface area (Å²) in [5, 5.41) is 1.25. The predicted molar refractivity (Wildman–Crippen MR) is 138 cm³/mol. The van der Waals surface area contributed by atoms with Crippen molar-refractivity contribution >= 4 is 56.1 Å². The molecule has 0 saturated carbocycles. The van der Waals surface area contributed by atoms with Crippen LogP contribution in [0.1, 0.15) is 12.8 Å². The van der Waals surface area contributed by atoms with E-state index in [1.807, 2.05) is 24.3 Å². The molecule has 3 heterocycles. The molecule has 0 unspecified atom stereocenters. The van der Waals surface area contributed by atoms with E-state index in [4.69, 9.17) is 21.6 Å². The molecule has 5 rings (SSSR count). The zero-order valence-corrected chi connectivity index (χ0v) is 21.5. The molecule has 11 heteroatoms. The number of rotatable bonds is 6. The third-order valence-electron chi connectivity index (χ3n) is 6.30. The predicted octanol–water partition coefficient (Wildman–Crippen LogP) is 3.51. The maximum Gasteiger partial charge on any atom is 0.243 e. The highest BCUT2D eigenvalue weighted by atomic mass is 35.5. The number of thioether (sulfide) groups is 1. The molecule has 2 aromatic carbocycles. The second-order valence-electron chi connectivity index (χ2n) is 8.56. The number of hydrogen-bond acceptors (Lipinski definition) is 7. The lowest BCUT2D eigenvalue weighted by Crippen LogP contribution is -2.50. The average molecular weight is 532 g/mol. The maximum atomic E-state index is 13.0. The molecule has 0 radical (unpaired) electrons. The number of carbonyl (C=O) groups excluding carboxylic acids is 1. The highest BCUT2D eigenvalue weighted by molar-refractivity contribution is 8.00. The van der Waals surface area contributed by atoms with Gasteiger partial charge in [0.05, 0.1) is 21.7 Å². The Hall–Kier alpha value is -2.40. The van der Waals surface area contributed by atoms with Crippen LogP contribution in [0.5, 0.6) is 0 Å². The first-order valence-corrected chi connectivity index (χ1v) is 14.4. The summed E-state index contributed by atoms with van der Waals surface area (Å²) in [6.45, 7) is 3.12. The normalized spacial score (nSPS) is 17.3. The van der Waals surface area contributed by atoms with Crippen molar-refractivity contribution in [2.24, 2.45) is 0 Å². The first kappa shape index (κ1) is 24.3. The van der Waals surface area contributed by atoms with Crippen LogP contribution < -0.4 is 4.90 Å². The molecule has 0 atom stereocenters. The lowest BCUT2D eigenvalue weighted by atomic mass is 10.3. The molecule has 0 spiro atoms. The number of aromatic nitrogens is 2. The van der Waals surface area contributed by atoms with Gasteiger partial charge in [-0.2, -0.15) is 4.31 Å². The fourth-order valence-electron chi connectivity index (χ4n) is 4.36. The van der Waals surface area contributed by atoms with Crippen LogP contribution in [0, 0.1) is 0 Å². The van der Waals surface area contributed by atoms with E-state index in [-0.39, 0.29) is 29.6 Å². The second kappa shape index (κ2) is 10.3. The van der Waals surface area contributed by atoms with Crippen LogP contribution >= 0.6 is 23.4 Å². The van der Waals surface area contributed by atoms with Crippen LogP contribution in [0.2, 0.25) is 5.02 Å². The van der Waals surface area contributed by atoms with Gasteiger partial charge in [-0.05, 0) is 49.2 Å². The molecule has 35 heavy (non-hydrogen) atoms. The molecule has 184 valence electrons. The van der Waals surface area contributed by atoms with Crippen molar-refractivity contribution in [3.63, 3.8) is 0 Å². The van der Waals surface area contributed by atoms with Crippen LogP contribution in [0.15, 0.2) is 58.5 Å². The van der Waals surface area contributed by atoms with Crippen LogP contribution in [-0.2, 0) is 14.8 Å². The minimum atomic E-state index is -3.61. The van der Waals surface area contributed by atoms with Gasteiger partial charge in [0.2, 0.25) is 15.9 Å². The molecule has 8 nitrogen and oxygen atoms in total. The van der Waals surface area contributed by atoms with E-state index in [0.29, 0.717) is 18.1 Å². The van der Waals surface area contributed by atoms with E-state index in [1.165, 1.54) is 28.2 Å². The molecule has 1 aromatic heterocycles. The molecular formula is C24H26ClN5O3S2. The zero-order chi connectivity index (χ0) is 24.4. The number of amides is 1. The van der Waals surface area contributed by atoms with Crippen LogP contribution in [0.4, 0.5) is 5.82 Å². The Morgan fingerprint density at radius 2 is 1.51 bits per heavy atom.